The minimum absolute atomic E-state index is 0.0495. The molecule has 0 radical (unpaired) electrons. The Bertz CT molecular complexity index is 731. The summed E-state index contributed by atoms with van der Waals surface area (Å²) in [5.41, 5.74) is 0.165. The molecule has 0 saturated heterocycles. The second-order valence-corrected chi connectivity index (χ2v) is 7.27. The summed E-state index contributed by atoms with van der Waals surface area (Å²) in [6.07, 6.45) is 0. The standard InChI is InChI=1S/C14H14N2O2S2/c1-11(13-7-5-9-19-13)16(2)20(17,18)14-8-4-3-6-12(14)10-15/h3-9,11H,1-2H3. The highest BCUT2D eigenvalue weighted by molar-refractivity contribution is 7.89. The molecule has 6 heteroatoms. The van der Waals surface area contributed by atoms with Gasteiger partial charge in [0.05, 0.1) is 16.5 Å². The number of benzene rings is 1. The first-order valence-corrected chi connectivity index (χ1v) is 8.31. The number of nitriles is 1. The van der Waals surface area contributed by atoms with E-state index in [0.717, 1.165) is 4.88 Å². The van der Waals surface area contributed by atoms with Crippen LogP contribution >= 0.6 is 11.3 Å². The third-order valence-electron chi connectivity index (χ3n) is 3.16. The Labute approximate surface area is 123 Å². The number of hydrogen-bond acceptors (Lipinski definition) is 4. The first kappa shape index (κ1) is 14.7. The molecule has 0 N–H and O–H groups in total. The van der Waals surface area contributed by atoms with Crippen molar-refractivity contribution in [1.29, 1.82) is 5.26 Å². The molecular weight excluding hydrogens is 292 g/mol. The van der Waals surface area contributed by atoms with Crippen LogP contribution in [-0.2, 0) is 10.0 Å². The minimum atomic E-state index is -3.69. The van der Waals surface area contributed by atoms with Crippen LogP contribution in [0.25, 0.3) is 0 Å². The zero-order valence-electron chi connectivity index (χ0n) is 11.1. The van der Waals surface area contributed by atoms with Gasteiger partial charge in [-0.2, -0.15) is 9.57 Å². The van der Waals surface area contributed by atoms with Gasteiger partial charge in [0, 0.05) is 11.9 Å². The highest BCUT2D eigenvalue weighted by atomic mass is 32.2. The highest BCUT2D eigenvalue weighted by Gasteiger charge is 2.28. The van der Waals surface area contributed by atoms with E-state index in [-0.39, 0.29) is 16.5 Å². The Kier molecular flexibility index (Phi) is 4.23. The molecule has 0 aliphatic carbocycles. The maximum atomic E-state index is 12.6. The molecule has 0 aliphatic heterocycles. The third kappa shape index (κ3) is 2.61. The topological polar surface area (TPSA) is 61.2 Å². The fourth-order valence-corrected chi connectivity index (χ4v) is 4.23. The minimum Gasteiger partial charge on any atom is -0.207 e. The van der Waals surface area contributed by atoms with Crippen molar-refractivity contribution in [1.82, 2.24) is 4.31 Å². The lowest BCUT2D eigenvalue weighted by atomic mass is 10.2. The van der Waals surface area contributed by atoms with Gasteiger partial charge in [-0.25, -0.2) is 8.42 Å². The molecule has 0 spiro atoms. The van der Waals surface area contributed by atoms with E-state index >= 15 is 0 Å². The molecule has 2 aromatic rings. The number of thiophene rings is 1. The van der Waals surface area contributed by atoms with Crippen molar-refractivity contribution >= 4 is 21.4 Å². The van der Waals surface area contributed by atoms with Gasteiger partial charge in [0.1, 0.15) is 6.07 Å². The largest absolute Gasteiger partial charge is 0.244 e. The molecule has 4 nitrogen and oxygen atoms in total. The molecule has 1 aromatic carbocycles. The number of nitrogens with zero attached hydrogens (tertiary/aromatic N) is 2. The van der Waals surface area contributed by atoms with Gasteiger partial charge in [-0.1, -0.05) is 18.2 Å². The summed E-state index contributed by atoms with van der Waals surface area (Å²) < 4.78 is 26.6. The first-order valence-electron chi connectivity index (χ1n) is 5.99. The normalized spacial score (nSPS) is 13.1. The summed E-state index contributed by atoms with van der Waals surface area (Å²) in [7, 11) is -2.15. The van der Waals surface area contributed by atoms with Gasteiger partial charge in [-0.3, -0.25) is 0 Å². The van der Waals surface area contributed by atoms with E-state index in [4.69, 9.17) is 5.26 Å². The predicted molar refractivity (Wildman–Crippen MR) is 78.8 cm³/mol. The fraction of sp³-hybridized carbons (Fsp3) is 0.214. The number of hydrogen-bond donors (Lipinski definition) is 0. The Morgan fingerprint density at radius 3 is 2.55 bits per heavy atom. The molecule has 0 aliphatic rings. The van der Waals surface area contributed by atoms with E-state index in [9.17, 15) is 8.42 Å². The second kappa shape index (κ2) is 5.75. The van der Waals surface area contributed by atoms with E-state index in [0.29, 0.717) is 0 Å². The van der Waals surface area contributed by atoms with Crippen molar-refractivity contribution in [2.24, 2.45) is 0 Å². The monoisotopic (exact) mass is 306 g/mol. The summed E-state index contributed by atoms with van der Waals surface area (Å²) >= 11 is 1.51. The summed E-state index contributed by atoms with van der Waals surface area (Å²) in [5, 5.41) is 11.0. The van der Waals surface area contributed by atoms with Crippen molar-refractivity contribution < 1.29 is 8.42 Å². The van der Waals surface area contributed by atoms with Crippen LogP contribution in [0.4, 0.5) is 0 Å². The Morgan fingerprint density at radius 1 is 1.25 bits per heavy atom. The smallest absolute Gasteiger partial charge is 0.207 e. The van der Waals surface area contributed by atoms with Crippen molar-refractivity contribution in [3.05, 3.63) is 52.2 Å². The summed E-state index contributed by atoms with van der Waals surface area (Å²) in [5.74, 6) is 0. The molecule has 1 unspecified atom stereocenters. The summed E-state index contributed by atoms with van der Waals surface area (Å²) in [6.45, 7) is 1.83. The van der Waals surface area contributed by atoms with Crippen LogP contribution in [-0.4, -0.2) is 19.8 Å². The molecule has 0 bridgehead atoms. The average Bonchev–Trinajstić information content (AvgIpc) is 2.99. The van der Waals surface area contributed by atoms with E-state index in [2.05, 4.69) is 0 Å². The summed E-state index contributed by atoms with van der Waals surface area (Å²) in [6, 6.07) is 11.7. The van der Waals surface area contributed by atoms with Gasteiger partial charge in [0.25, 0.3) is 0 Å². The van der Waals surface area contributed by atoms with Crippen LogP contribution in [0.15, 0.2) is 46.7 Å². The number of sulfonamides is 1. The van der Waals surface area contributed by atoms with Crippen LogP contribution in [0.3, 0.4) is 0 Å². The van der Waals surface area contributed by atoms with Crippen molar-refractivity contribution in [3.8, 4) is 6.07 Å². The molecule has 1 heterocycles. The van der Waals surface area contributed by atoms with Gasteiger partial charge < -0.3 is 0 Å². The fourth-order valence-electron chi connectivity index (χ4n) is 1.86. The quantitative estimate of drug-likeness (QED) is 0.872. The SMILES string of the molecule is CC(c1cccs1)N(C)S(=O)(=O)c1ccccc1C#N. The molecule has 0 saturated carbocycles. The molecule has 104 valence electrons. The Morgan fingerprint density at radius 2 is 1.95 bits per heavy atom. The Balaban J connectivity index is 2.43. The van der Waals surface area contributed by atoms with Gasteiger partial charge in [0.15, 0.2) is 0 Å². The Hall–Kier alpha value is -1.68. The van der Waals surface area contributed by atoms with E-state index in [1.54, 1.807) is 12.1 Å². The van der Waals surface area contributed by atoms with Gasteiger partial charge in [-0.05, 0) is 30.5 Å². The van der Waals surface area contributed by atoms with E-state index in [1.165, 1.54) is 34.8 Å². The van der Waals surface area contributed by atoms with Crippen molar-refractivity contribution in [2.75, 3.05) is 7.05 Å². The lowest BCUT2D eigenvalue weighted by molar-refractivity contribution is 0.403. The average molecular weight is 306 g/mol. The van der Waals surface area contributed by atoms with E-state index < -0.39 is 10.0 Å². The van der Waals surface area contributed by atoms with Crippen LogP contribution in [0, 0.1) is 11.3 Å². The van der Waals surface area contributed by atoms with E-state index in [1.807, 2.05) is 30.5 Å². The van der Waals surface area contributed by atoms with Crippen molar-refractivity contribution in [3.63, 3.8) is 0 Å². The zero-order valence-corrected chi connectivity index (χ0v) is 12.8. The van der Waals surface area contributed by atoms with Gasteiger partial charge in [0.2, 0.25) is 10.0 Å². The highest BCUT2D eigenvalue weighted by Crippen LogP contribution is 2.29. The van der Waals surface area contributed by atoms with Crippen LogP contribution in [0.2, 0.25) is 0 Å². The number of rotatable bonds is 4. The molecule has 0 amide bonds. The van der Waals surface area contributed by atoms with Crippen molar-refractivity contribution in [2.45, 2.75) is 17.9 Å². The van der Waals surface area contributed by atoms with Crippen LogP contribution < -0.4 is 0 Å². The molecule has 1 aromatic heterocycles. The maximum absolute atomic E-state index is 12.6. The molecular formula is C14H14N2O2S2. The third-order valence-corrected chi connectivity index (χ3v) is 6.19. The maximum Gasteiger partial charge on any atom is 0.244 e. The lowest BCUT2D eigenvalue weighted by Gasteiger charge is -2.23. The molecule has 0 fully saturated rings. The molecule has 2 rings (SSSR count). The van der Waals surface area contributed by atoms with Crippen LogP contribution in [0.1, 0.15) is 23.4 Å². The van der Waals surface area contributed by atoms with Gasteiger partial charge >= 0.3 is 0 Å². The zero-order chi connectivity index (χ0) is 14.8. The predicted octanol–water partition coefficient (Wildman–Crippen LogP) is 3.00. The van der Waals surface area contributed by atoms with Gasteiger partial charge in [-0.15, -0.1) is 11.3 Å². The lowest BCUT2D eigenvalue weighted by Crippen LogP contribution is -2.29. The summed E-state index contributed by atoms with van der Waals surface area (Å²) in [4.78, 5) is 1.01. The molecule has 1 atom stereocenters. The first-order chi connectivity index (χ1) is 9.48. The second-order valence-electron chi connectivity index (χ2n) is 4.32. The van der Waals surface area contributed by atoms with Crippen LogP contribution in [0.5, 0.6) is 0 Å². The molecule has 20 heavy (non-hydrogen) atoms.